The second-order valence-electron chi connectivity index (χ2n) is 14.1. The number of nitrogens with one attached hydrogen (secondary N) is 1. The maximum atomic E-state index is 13.4. The summed E-state index contributed by atoms with van der Waals surface area (Å²) in [6.07, 6.45) is 0.635. The largest absolute Gasteiger partial charge is 0.387 e. The Balaban J connectivity index is 1.59. The molecule has 0 spiro atoms. The number of methoxy groups -OCH3 is 1. The number of carbonyl (C=O) groups is 1. The molecule has 13 heteroatoms. The minimum atomic E-state index is -1.35. The summed E-state index contributed by atoms with van der Waals surface area (Å²) in [5.74, 6) is -0.442. The number of hydrogen-bond acceptors (Lipinski definition) is 10. The Bertz CT molecular complexity index is 1200. The Kier molecular flexibility index (Phi) is 10.8. The molecule has 2 aromatic rings. The summed E-state index contributed by atoms with van der Waals surface area (Å²) in [4.78, 5) is 17.6. The topological polar surface area (TPSA) is 155 Å². The molecule has 2 aromatic heterocycles. The van der Waals surface area contributed by atoms with Gasteiger partial charge in [0, 0.05) is 27.3 Å². The molecule has 1 fully saturated rings. The predicted molar refractivity (Wildman–Crippen MR) is 160 cm³/mol. The van der Waals surface area contributed by atoms with Crippen LogP contribution in [0.25, 0.3) is 11.4 Å². The van der Waals surface area contributed by atoms with Gasteiger partial charge in [0.1, 0.15) is 30.1 Å². The highest BCUT2D eigenvalue weighted by atomic mass is 16.6. The van der Waals surface area contributed by atoms with Gasteiger partial charge in [0.2, 0.25) is 0 Å². The highest BCUT2D eigenvalue weighted by Gasteiger charge is 2.53. The lowest BCUT2D eigenvalue weighted by Crippen LogP contribution is -2.67. The maximum Gasteiger partial charge on any atom is 0.251 e. The van der Waals surface area contributed by atoms with Gasteiger partial charge in [-0.25, -0.2) is 9.67 Å². The molecule has 0 radical (unpaired) electrons. The predicted octanol–water partition coefficient (Wildman–Crippen LogP) is 2.20. The van der Waals surface area contributed by atoms with E-state index in [1.54, 1.807) is 32.6 Å². The van der Waals surface area contributed by atoms with Crippen molar-refractivity contribution in [1.29, 1.82) is 0 Å². The van der Waals surface area contributed by atoms with Crippen LogP contribution in [0.4, 0.5) is 0 Å². The quantitative estimate of drug-likeness (QED) is 0.308. The molecule has 0 aliphatic carbocycles. The fourth-order valence-electron chi connectivity index (χ4n) is 5.11. The second kappa shape index (κ2) is 13.3. The molecule has 43 heavy (non-hydrogen) atoms. The van der Waals surface area contributed by atoms with E-state index in [0.717, 1.165) is 11.4 Å². The second-order valence-corrected chi connectivity index (χ2v) is 14.1. The van der Waals surface area contributed by atoms with E-state index >= 15 is 0 Å². The van der Waals surface area contributed by atoms with E-state index in [1.807, 2.05) is 50.9 Å². The van der Waals surface area contributed by atoms with Gasteiger partial charge in [0.25, 0.3) is 5.91 Å². The van der Waals surface area contributed by atoms with E-state index in [-0.39, 0.29) is 5.54 Å². The van der Waals surface area contributed by atoms with Gasteiger partial charge in [0.15, 0.2) is 6.10 Å². The number of aromatic nitrogens is 5. The summed E-state index contributed by atoms with van der Waals surface area (Å²) >= 11 is 0. The fraction of sp³-hybridized carbons (Fsp3) is 0.800. The molecular weight excluding hydrogens is 556 g/mol. The van der Waals surface area contributed by atoms with Crippen LogP contribution in [0.1, 0.15) is 75.2 Å². The van der Waals surface area contributed by atoms with Gasteiger partial charge in [-0.15, -0.1) is 5.10 Å². The van der Waals surface area contributed by atoms with E-state index in [9.17, 15) is 15.0 Å². The number of aryl methyl sites for hydroxylation is 1. The molecule has 3 heterocycles. The standard InChI is InChI=1S/C30H52N6O7/c1-27(2,3)43-23-21(37)22(38)25(30(8,9)40-11)42-24(23)26(39)32-14-12-29(6,7)41-15-13-28(4,5)36-20(17-33-34-36)19-16-31-18-35(19)10/h16-18,21-25,37-38H,12-15H2,1-11H3,(H,32,39)/t21-,22+,23+,24?,25-/m1/s1. The third-order valence-electron chi connectivity index (χ3n) is 7.98. The zero-order valence-electron chi connectivity index (χ0n) is 27.6. The minimum absolute atomic E-state index is 0.308. The number of carbonyl (C=O) groups excluding carboxylic acids is 1. The molecule has 3 rings (SSSR count). The molecule has 5 atom stereocenters. The van der Waals surface area contributed by atoms with Gasteiger partial charge in [-0.05, 0) is 75.2 Å². The number of rotatable bonds is 13. The number of aliphatic hydroxyl groups is 2. The molecule has 0 bridgehead atoms. The molecule has 1 amide bonds. The third kappa shape index (κ3) is 8.61. The lowest BCUT2D eigenvalue weighted by atomic mass is 9.86. The van der Waals surface area contributed by atoms with Crippen molar-refractivity contribution in [2.75, 3.05) is 20.3 Å². The lowest BCUT2D eigenvalue weighted by molar-refractivity contribution is -0.278. The first-order valence-corrected chi connectivity index (χ1v) is 14.8. The first kappa shape index (κ1) is 35.1. The normalized spacial score (nSPS) is 23.9. The number of hydrogen-bond donors (Lipinski definition) is 3. The highest BCUT2D eigenvalue weighted by molar-refractivity contribution is 5.81. The fourth-order valence-corrected chi connectivity index (χ4v) is 5.11. The molecule has 3 N–H and O–H groups in total. The molecule has 13 nitrogen and oxygen atoms in total. The van der Waals surface area contributed by atoms with Crippen LogP contribution in [-0.4, -0.2) is 108 Å². The third-order valence-corrected chi connectivity index (χ3v) is 7.98. The van der Waals surface area contributed by atoms with Crippen LogP contribution in [0, 0.1) is 0 Å². The van der Waals surface area contributed by atoms with Gasteiger partial charge < -0.3 is 39.0 Å². The molecule has 0 aromatic carbocycles. The van der Waals surface area contributed by atoms with Gasteiger partial charge in [-0.3, -0.25) is 4.79 Å². The van der Waals surface area contributed by atoms with Crippen molar-refractivity contribution in [3.63, 3.8) is 0 Å². The number of aliphatic hydroxyl groups excluding tert-OH is 2. The van der Waals surface area contributed by atoms with Crippen LogP contribution in [0.2, 0.25) is 0 Å². The van der Waals surface area contributed by atoms with Crippen molar-refractivity contribution in [2.24, 2.45) is 7.05 Å². The number of ether oxygens (including phenoxy) is 4. The van der Waals surface area contributed by atoms with Crippen LogP contribution in [0.3, 0.4) is 0 Å². The van der Waals surface area contributed by atoms with Crippen LogP contribution in [0.15, 0.2) is 18.7 Å². The molecule has 244 valence electrons. The first-order chi connectivity index (χ1) is 19.8. The molecule has 1 aliphatic rings. The summed E-state index contributed by atoms with van der Waals surface area (Å²) in [6, 6.07) is 0. The summed E-state index contributed by atoms with van der Waals surface area (Å²) in [5.41, 5.74) is -0.767. The molecule has 1 saturated heterocycles. The zero-order valence-corrected chi connectivity index (χ0v) is 27.6. The van der Waals surface area contributed by atoms with E-state index in [2.05, 4.69) is 34.5 Å². The average Bonchev–Trinajstić information content (AvgIpc) is 3.54. The van der Waals surface area contributed by atoms with Gasteiger partial charge in [0.05, 0.1) is 46.8 Å². The number of nitrogens with zero attached hydrogens (tertiary/aromatic N) is 5. The SMILES string of the molecule is COC(C)(C)[C@@H]1OC(C(=O)NCCC(C)(C)OCCC(C)(C)n2nncc2-c2cncn2C)[C@@H](OC(C)(C)C)[C@H](O)[C@@H]1O. The number of imidazole rings is 1. The molecular formula is C30H52N6O7. The van der Waals surface area contributed by atoms with Crippen LogP contribution < -0.4 is 5.32 Å². The van der Waals surface area contributed by atoms with E-state index in [1.165, 1.54) is 7.11 Å². The van der Waals surface area contributed by atoms with Gasteiger partial charge in [-0.1, -0.05) is 5.21 Å². The Morgan fingerprint density at radius 3 is 2.28 bits per heavy atom. The zero-order chi connectivity index (χ0) is 32.4. The van der Waals surface area contributed by atoms with Crippen LogP contribution in [0.5, 0.6) is 0 Å². The smallest absolute Gasteiger partial charge is 0.251 e. The van der Waals surface area contributed by atoms with E-state index in [4.69, 9.17) is 18.9 Å². The highest BCUT2D eigenvalue weighted by Crippen LogP contribution is 2.33. The molecule has 0 saturated carbocycles. The summed E-state index contributed by atoms with van der Waals surface area (Å²) < 4.78 is 27.7. The van der Waals surface area contributed by atoms with Crippen LogP contribution >= 0.6 is 0 Å². The maximum absolute atomic E-state index is 13.4. The van der Waals surface area contributed by atoms with Crippen molar-refractivity contribution in [1.82, 2.24) is 29.9 Å². The molecule has 1 aliphatic heterocycles. The average molecular weight is 609 g/mol. The Labute approximate surface area is 255 Å². The monoisotopic (exact) mass is 608 g/mol. The Hall–Kier alpha value is -2.42. The van der Waals surface area contributed by atoms with Crippen molar-refractivity contribution >= 4 is 5.91 Å². The van der Waals surface area contributed by atoms with Gasteiger partial charge >= 0.3 is 0 Å². The van der Waals surface area contributed by atoms with Crippen molar-refractivity contribution in [3.8, 4) is 11.4 Å². The first-order valence-electron chi connectivity index (χ1n) is 14.8. The van der Waals surface area contributed by atoms with Gasteiger partial charge in [-0.2, -0.15) is 0 Å². The summed E-state index contributed by atoms with van der Waals surface area (Å²) in [5, 5.41) is 33.2. The Morgan fingerprint density at radius 2 is 1.70 bits per heavy atom. The molecule has 1 unspecified atom stereocenters. The summed E-state index contributed by atoms with van der Waals surface area (Å²) in [6.45, 7) is 17.8. The van der Waals surface area contributed by atoms with Crippen molar-refractivity contribution in [3.05, 3.63) is 18.7 Å². The Morgan fingerprint density at radius 1 is 1.02 bits per heavy atom. The number of amides is 1. The van der Waals surface area contributed by atoms with Crippen LogP contribution in [-0.2, 0) is 36.3 Å². The van der Waals surface area contributed by atoms with Crippen molar-refractivity contribution < 1.29 is 34.0 Å². The minimum Gasteiger partial charge on any atom is -0.387 e. The lowest BCUT2D eigenvalue weighted by Gasteiger charge is -2.48. The summed E-state index contributed by atoms with van der Waals surface area (Å²) in [7, 11) is 3.42. The van der Waals surface area contributed by atoms with E-state index in [0.29, 0.717) is 26.0 Å². The van der Waals surface area contributed by atoms with E-state index < -0.39 is 53.2 Å². The van der Waals surface area contributed by atoms with Crippen molar-refractivity contribution in [2.45, 2.75) is 128 Å².